The molecule has 4 heterocycles. The molecule has 1 fully saturated rings. The van der Waals surface area contributed by atoms with Crippen LogP contribution < -0.4 is 0 Å². The van der Waals surface area contributed by atoms with Crippen molar-refractivity contribution in [3.63, 3.8) is 0 Å². The zero-order valence-corrected chi connectivity index (χ0v) is 18.1. The number of aromatic nitrogens is 5. The van der Waals surface area contributed by atoms with Gasteiger partial charge in [0.15, 0.2) is 5.82 Å². The van der Waals surface area contributed by atoms with Gasteiger partial charge in [0.25, 0.3) is 0 Å². The molecule has 0 N–H and O–H groups in total. The van der Waals surface area contributed by atoms with E-state index < -0.39 is 0 Å². The van der Waals surface area contributed by atoms with E-state index >= 15 is 0 Å². The summed E-state index contributed by atoms with van der Waals surface area (Å²) in [6, 6.07) is 12.9. The van der Waals surface area contributed by atoms with Crippen LogP contribution in [0.25, 0.3) is 10.2 Å². The van der Waals surface area contributed by atoms with Crippen molar-refractivity contribution in [2.75, 3.05) is 13.1 Å². The fourth-order valence-electron chi connectivity index (χ4n) is 4.24. The Kier molecular flexibility index (Phi) is 5.39. The second-order valence-corrected chi connectivity index (χ2v) is 9.62. The first-order chi connectivity index (χ1) is 14.3. The van der Waals surface area contributed by atoms with Crippen molar-refractivity contribution in [3.8, 4) is 0 Å². The van der Waals surface area contributed by atoms with Crippen molar-refractivity contribution >= 4 is 32.9 Å². The maximum Gasteiger partial charge on any atom is 0.168 e. The predicted octanol–water partition coefficient (Wildman–Crippen LogP) is 4.72. The minimum atomic E-state index is 0.265. The van der Waals surface area contributed by atoms with Crippen LogP contribution in [0.15, 0.2) is 41.8 Å². The van der Waals surface area contributed by atoms with Gasteiger partial charge in [-0.25, -0.2) is 9.67 Å². The molecule has 29 heavy (non-hydrogen) atoms. The molecule has 3 aromatic heterocycles. The van der Waals surface area contributed by atoms with E-state index in [1.54, 1.807) is 11.3 Å². The number of nitrogens with zero attached hydrogens (tertiary/aromatic N) is 6. The Morgan fingerprint density at radius 2 is 2.00 bits per heavy atom. The maximum absolute atomic E-state index is 4.90. The third-order valence-electron chi connectivity index (χ3n) is 5.76. The van der Waals surface area contributed by atoms with Crippen molar-refractivity contribution < 1.29 is 0 Å². The molecule has 0 saturated carbocycles. The fourth-order valence-corrected chi connectivity index (χ4v) is 6.06. The Labute approximate surface area is 178 Å². The van der Waals surface area contributed by atoms with Gasteiger partial charge in [0, 0.05) is 10.8 Å². The topological polar surface area (TPSA) is 59.7 Å². The standard InChI is InChI=1S/C21H24N6S2/c1-2-18(20-23-24-25-27(20)14-16-6-5-13-28-16)26-11-9-15(10-12-26)21-22-17-7-3-4-8-19(17)29-21/h3-8,13,15,18H,2,9-12,14H2,1H3. The van der Waals surface area contributed by atoms with Crippen LogP contribution in [-0.4, -0.2) is 43.2 Å². The molecule has 5 rings (SSSR count). The van der Waals surface area contributed by atoms with E-state index in [0.717, 1.165) is 50.2 Å². The summed E-state index contributed by atoms with van der Waals surface area (Å²) in [5.74, 6) is 1.54. The van der Waals surface area contributed by atoms with E-state index in [1.165, 1.54) is 14.6 Å². The molecular formula is C21H24N6S2. The molecule has 0 bridgehead atoms. The lowest BCUT2D eigenvalue weighted by Crippen LogP contribution is -2.37. The first-order valence-electron chi connectivity index (χ1n) is 10.2. The molecule has 0 aliphatic carbocycles. The van der Waals surface area contributed by atoms with Gasteiger partial charge < -0.3 is 0 Å². The van der Waals surface area contributed by atoms with Gasteiger partial charge in [-0.3, -0.25) is 4.90 Å². The molecule has 150 valence electrons. The minimum absolute atomic E-state index is 0.265. The molecule has 0 spiro atoms. The lowest BCUT2D eigenvalue weighted by Gasteiger charge is -2.36. The molecule has 1 aromatic carbocycles. The summed E-state index contributed by atoms with van der Waals surface area (Å²) in [4.78, 5) is 8.73. The van der Waals surface area contributed by atoms with Crippen LogP contribution in [0.5, 0.6) is 0 Å². The first-order valence-corrected chi connectivity index (χ1v) is 11.9. The van der Waals surface area contributed by atoms with Crippen molar-refractivity contribution in [1.29, 1.82) is 0 Å². The molecule has 1 aliphatic rings. The number of tetrazole rings is 1. The van der Waals surface area contributed by atoms with Gasteiger partial charge in [-0.05, 0) is 66.4 Å². The minimum Gasteiger partial charge on any atom is -0.293 e. The van der Waals surface area contributed by atoms with Crippen molar-refractivity contribution in [1.82, 2.24) is 30.1 Å². The Balaban J connectivity index is 1.29. The van der Waals surface area contributed by atoms with Gasteiger partial charge in [-0.2, -0.15) is 0 Å². The molecule has 0 amide bonds. The van der Waals surface area contributed by atoms with Gasteiger partial charge in [-0.15, -0.1) is 27.8 Å². The Hall–Kier alpha value is -2.16. The summed E-state index contributed by atoms with van der Waals surface area (Å²) >= 11 is 3.61. The number of piperidine rings is 1. The molecule has 1 atom stereocenters. The smallest absolute Gasteiger partial charge is 0.168 e. The number of hydrogen-bond donors (Lipinski definition) is 0. The molecule has 1 saturated heterocycles. The lowest BCUT2D eigenvalue weighted by molar-refractivity contribution is 0.139. The predicted molar refractivity (Wildman–Crippen MR) is 117 cm³/mol. The Morgan fingerprint density at radius 3 is 2.76 bits per heavy atom. The summed E-state index contributed by atoms with van der Waals surface area (Å²) in [5, 5.41) is 16.1. The number of fused-ring (bicyclic) bond motifs is 1. The van der Waals surface area contributed by atoms with Crippen LogP contribution in [0.4, 0.5) is 0 Å². The summed E-state index contributed by atoms with van der Waals surface area (Å²) in [7, 11) is 0. The molecule has 1 aliphatic heterocycles. The molecule has 8 heteroatoms. The molecule has 6 nitrogen and oxygen atoms in total. The van der Waals surface area contributed by atoms with Crippen LogP contribution in [0.1, 0.15) is 53.9 Å². The fraction of sp³-hybridized carbons (Fsp3) is 0.429. The highest BCUT2D eigenvalue weighted by molar-refractivity contribution is 7.18. The van der Waals surface area contributed by atoms with Crippen LogP contribution in [0.3, 0.4) is 0 Å². The van der Waals surface area contributed by atoms with Crippen molar-refractivity contribution in [2.24, 2.45) is 0 Å². The molecular weight excluding hydrogens is 400 g/mol. The van der Waals surface area contributed by atoms with Gasteiger partial charge in [0.1, 0.15) is 0 Å². The van der Waals surface area contributed by atoms with Gasteiger partial charge >= 0.3 is 0 Å². The average molecular weight is 425 g/mol. The third-order valence-corrected chi connectivity index (χ3v) is 7.82. The zero-order chi connectivity index (χ0) is 19.6. The summed E-state index contributed by atoms with van der Waals surface area (Å²) in [5.41, 5.74) is 1.13. The Bertz CT molecular complexity index is 1030. The third kappa shape index (κ3) is 3.84. The molecule has 4 aromatic rings. The summed E-state index contributed by atoms with van der Waals surface area (Å²) < 4.78 is 3.27. The van der Waals surface area contributed by atoms with Crippen LogP contribution in [0.2, 0.25) is 0 Å². The number of hydrogen-bond acceptors (Lipinski definition) is 7. The highest BCUT2D eigenvalue weighted by Crippen LogP contribution is 2.36. The SMILES string of the molecule is CCC(c1nnnn1Cc1cccs1)N1CCC(c2nc3ccccc3s2)CC1. The zero-order valence-electron chi connectivity index (χ0n) is 16.4. The van der Waals surface area contributed by atoms with E-state index in [2.05, 4.69) is 69.1 Å². The summed E-state index contributed by atoms with van der Waals surface area (Å²) in [6.07, 6.45) is 3.29. The van der Waals surface area contributed by atoms with E-state index in [4.69, 9.17) is 4.98 Å². The van der Waals surface area contributed by atoms with Gasteiger partial charge in [-0.1, -0.05) is 25.1 Å². The number of rotatable bonds is 6. The highest BCUT2D eigenvalue weighted by Gasteiger charge is 2.30. The second-order valence-electron chi connectivity index (χ2n) is 7.53. The van der Waals surface area contributed by atoms with Crippen LogP contribution in [0, 0.1) is 0 Å². The number of para-hydroxylation sites is 1. The number of likely N-dealkylation sites (tertiary alicyclic amines) is 1. The monoisotopic (exact) mass is 424 g/mol. The molecule has 0 radical (unpaired) electrons. The normalized spacial score (nSPS) is 17.1. The largest absolute Gasteiger partial charge is 0.293 e. The highest BCUT2D eigenvalue weighted by atomic mass is 32.1. The average Bonchev–Trinajstić information content (AvgIpc) is 3.51. The van der Waals surface area contributed by atoms with Gasteiger partial charge in [0.2, 0.25) is 0 Å². The number of thiophene rings is 1. The van der Waals surface area contributed by atoms with E-state index in [9.17, 15) is 0 Å². The van der Waals surface area contributed by atoms with Crippen LogP contribution >= 0.6 is 22.7 Å². The van der Waals surface area contributed by atoms with Crippen molar-refractivity contribution in [3.05, 3.63) is 57.5 Å². The number of benzene rings is 1. The summed E-state index contributed by atoms with van der Waals surface area (Å²) in [6.45, 7) is 5.10. The van der Waals surface area contributed by atoms with Gasteiger partial charge in [0.05, 0.1) is 27.8 Å². The second kappa shape index (κ2) is 8.30. The first kappa shape index (κ1) is 18.8. The quantitative estimate of drug-likeness (QED) is 0.448. The van der Waals surface area contributed by atoms with E-state index in [-0.39, 0.29) is 6.04 Å². The van der Waals surface area contributed by atoms with Crippen LogP contribution in [-0.2, 0) is 6.54 Å². The lowest BCUT2D eigenvalue weighted by atomic mass is 9.95. The van der Waals surface area contributed by atoms with E-state index in [0.29, 0.717) is 5.92 Å². The Morgan fingerprint density at radius 1 is 1.14 bits per heavy atom. The van der Waals surface area contributed by atoms with E-state index in [1.807, 2.05) is 16.0 Å². The van der Waals surface area contributed by atoms with Crippen molar-refractivity contribution in [2.45, 2.75) is 44.7 Å². The molecule has 1 unspecified atom stereocenters. The number of thiazole rings is 1. The maximum atomic E-state index is 4.90.